The lowest BCUT2D eigenvalue weighted by atomic mass is 9.73. The van der Waals surface area contributed by atoms with Gasteiger partial charge < -0.3 is 11.1 Å². The number of rotatable bonds is 4. The van der Waals surface area contributed by atoms with Crippen LogP contribution in [0.15, 0.2) is 42.9 Å². The lowest BCUT2D eigenvalue weighted by Crippen LogP contribution is -2.53. The van der Waals surface area contributed by atoms with E-state index in [2.05, 4.69) is 25.5 Å². The zero-order valence-corrected chi connectivity index (χ0v) is 14.9. The van der Waals surface area contributed by atoms with Gasteiger partial charge in [-0.25, -0.2) is 9.78 Å². The van der Waals surface area contributed by atoms with Crippen LogP contribution in [0.2, 0.25) is 0 Å². The minimum Gasteiger partial charge on any atom is -0.383 e. The smallest absolute Gasteiger partial charge is 0.322 e. The Kier molecular flexibility index (Phi) is 4.49. The van der Waals surface area contributed by atoms with Crippen LogP contribution in [-0.4, -0.2) is 39.9 Å². The van der Waals surface area contributed by atoms with Crippen LogP contribution < -0.4 is 16.4 Å². The van der Waals surface area contributed by atoms with Crippen LogP contribution in [0, 0.1) is 5.92 Å². The van der Waals surface area contributed by atoms with Gasteiger partial charge in [-0.1, -0.05) is 12.1 Å². The first-order valence-corrected chi connectivity index (χ1v) is 9.05. The third-order valence-corrected chi connectivity index (χ3v) is 5.53. The number of nitrogens with two attached hydrogens (primary N) is 1. The van der Waals surface area contributed by atoms with Crippen LogP contribution in [0.3, 0.4) is 0 Å². The number of nitrogens with one attached hydrogen (secondary N) is 2. The molecule has 0 saturated carbocycles. The first-order chi connectivity index (χ1) is 13.1. The molecule has 2 aliphatic rings. The van der Waals surface area contributed by atoms with Gasteiger partial charge in [-0.05, 0) is 44.0 Å². The molecular formula is C19H22N6O2. The molecule has 8 heteroatoms. The molecule has 0 aliphatic carbocycles. The SMILES string of the molecule is Nc1ncccc1CN1CCC(C2(c3cccnc3)NC(=O)NC2=O)CC1. The largest absolute Gasteiger partial charge is 0.383 e. The summed E-state index contributed by atoms with van der Waals surface area (Å²) in [5, 5.41) is 5.30. The second-order valence-electron chi connectivity index (χ2n) is 7.06. The zero-order valence-electron chi connectivity index (χ0n) is 14.9. The molecule has 4 heterocycles. The Hall–Kier alpha value is -3.00. The van der Waals surface area contributed by atoms with Crippen molar-refractivity contribution in [3.8, 4) is 0 Å². The van der Waals surface area contributed by atoms with Crippen molar-refractivity contribution in [2.24, 2.45) is 5.92 Å². The molecule has 0 bridgehead atoms. The molecular weight excluding hydrogens is 344 g/mol. The molecule has 2 aliphatic heterocycles. The topological polar surface area (TPSA) is 113 Å². The first-order valence-electron chi connectivity index (χ1n) is 9.05. The number of anilines is 1. The molecule has 2 saturated heterocycles. The van der Waals surface area contributed by atoms with Crippen molar-refractivity contribution in [3.05, 3.63) is 54.0 Å². The average Bonchev–Trinajstić information content (AvgIpc) is 3.00. The number of aromatic nitrogens is 2. The van der Waals surface area contributed by atoms with E-state index in [0.717, 1.165) is 43.6 Å². The molecule has 1 unspecified atom stereocenters. The quantitative estimate of drug-likeness (QED) is 0.696. The summed E-state index contributed by atoms with van der Waals surface area (Å²) in [6.45, 7) is 2.35. The molecule has 0 spiro atoms. The molecule has 8 nitrogen and oxygen atoms in total. The highest BCUT2D eigenvalue weighted by Gasteiger charge is 2.53. The number of piperidine rings is 1. The number of pyridine rings is 2. The highest BCUT2D eigenvalue weighted by atomic mass is 16.2. The third kappa shape index (κ3) is 3.12. The Morgan fingerprint density at radius 3 is 2.59 bits per heavy atom. The summed E-state index contributed by atoms with van der Waals surface area (Å²) in [5.74, 6) is 0.250. The molecule has 0 radical (unpaired) electrons. The van der Waals surface area contributed by atoms with Crippen LogP contribution >= 0.6 is 0 Å². The van der Waals surface area contributed by atoms with Crippen molar-refractivity contribution >= 4 is 17.8 Å². The number of urea groups is 1. The van der Waals surface area contributed by atoms with E-state index in [4.69, 9.17) is 5.73 Å². The minimum absolute atomic E-state index is 0.00403. The second kappa shape index (κ2) is 6.96. The number of hydrogen-bond acceptors (Lipinski definition) is 6. The molecule has 140 valence electrons. The Morgan fingerprint density at radius 1 is 1.19 bits per heavy atom. The summed E-state index contributed by atoms with van der Waals surface area (Å²) in [7, 11) is 0. The zero-order chi connectivity index (χ0) is 18.9. The van der Waals surface area contributed by atoms with Gasteiger partial charge >= 0.3 is 6.03 Å². The lowest BCUT2D eigenvalue weighted by molar-refractivity contribution is -0.127. The summed E-state index contributed by atoms with van der Waals surface area (Å²) in [5.41, 5.74) is 6.63. The van der Waals surface area contributed by atoms with Crippen LogP contribution in [0.25, 0.3) is 0 Å². The number of imide groups is 1. The van der Waals surface area contributed by atoms with Crippen molar-refractivity contribution in [2.45, 2.75) is 24.9 Å². The number of likely N-dealkylation sites (tertiary alicyclic amines) is 1. The maximum absolute atomic E-state index is 12.8. The summed E-state index contributed by atoms with van der Waals surface area (Å²) in [6, 6.07) is 7.05. The second-order valence-corrected chi connectivity index (χ2v) is 7.06. The maximum atomic E-state index is 12.8. The highest BCUT2D eigenvalue weighted by molar-refractivity contribution is 6.07. The Balaban J connectivity index is 1.52. The predicted molar refractivity (Wildman–Crippen MR) is 99.2 cm³/mol. The molecule has 1 atom stereocenters. The predicted octanol–water partition coefficient (Wildman–Crippen LogP) is 1.01. The number of nitrogen functional groups attached to an aromatic ring is 1. The molecule has 2 fully saturated rings. The van der Waals surface area contributed by atoms with Gasteiger partial charge in [0.05, 0.1) is 0 Å². The summed E-state index contributed by atoms with van der Waals surface area (Å²) in [6.07, 6.45) is 6.57. The molecule has 0 aromatic carbocycles. The van der Waals surface area contributed by atoms with Gasteiger partial charge in [0.1, 0.15) is 5.82 Å². The number of amides is 3. The van der Waals surface area contributed by atoms with Crippen molar-refractivity contribution in [2.75, 3.05) is 18.8 Å². The fraction of sp³-hybridized carbons (Fsp3) is 0.368. The van der Waals surface area contributed by atoms with E-state index in [0.29, 0.717) is 5.82 Å². The Labute approximate surface area is 157 Å². The minimum atomic E-state index is -1.05. The van der Waals surface area contributed by atoms with Crippen LogP contribution in [0.4, 0.5) is 10.6 Å². The van der Waals surface area contributed by atoms with Gasteiger partial charge in [0, 0.05) is 36.3 Å². The van der Waals surface area contributed by atoms with Gasteiger partial charge in [-0.15, -0.1) is 0 Å². The van der Waals surface area contributed by atoms with E-state index in [1.54, 1.807) is 24.7 Å². The Bertz CT molecular complexity index is 850. The van der Waals surface area contributed by atoms with Gasteiger partial charge in [0.25, 0.3) is 5.91 Å². The normalized spacial score (nSPS) is 23.9. The molecule has 2 aromatic heterocycles. The molecule has 2 aromatic rings. The third-order valence-electron chi connectivity index (χ3n) is 5.53. The number of carbonyl (C=O) groups is 2. The van der Waals surface area contributed by atoms with E-state index >= 15 is 0 Å². The first kappa shape index (κ1) is 17.4. The van der Waals surface area contributed by atoms with Gasteiger partial charge in [-0.2, -0.15) is 0 Å². The van der Waals surface area contributed by atoms with E-state index in [-0.39, 0.29) is 11.8 Å². The fourth-order valence-electron chi connectivity index (χ4n) is 4.14. The number of carbonyl (C=O) groups excluding carboxylic acids is 2. The van der Waals surface area contributed by atoms with E-state index < -0.39 is 11.6 Å². The molecule has 4 N–H and O–H groups in total. The van der Waals surface area contributed by atoms with Gasteiger partial charge in [0.15, 0.2) is 5.54 Å². The molecule has 4 rings (SSSR count). The Morgan fingerprint density at radius 2 is 1.96 bits per heavy atom. The van der Waals surface area contributed by atoms with Crippen LogP contribution in [-0.2, 0) is 16.9 Å². The van der Waals surface area contributed by atoms with Gasteiger partial charge in [0.2, 0.25) is 0 Å². The van der Waals surface area contributed by atoms with E-state index in [1.807, 2.05) is 18.2 Å². The van der Waals surface area contributed by atoms with Crippen molar-refractivity contribution in [1.29, 1.82) is 0 Å². The summed E-state index contributed by atoms with van der Waals surface area (Å²) >= 11 is 0. The van der Waals surface area contributed by atoms with Gasteiger partial charge in [-0.3, -0.25) is 20.0 Å². The van der Waals surface area contributed by atoms with Crippen LogP contribution in [0.1, 0.15) is 24.0 Å². The highest BCUT2D eigenvalue weighted by Crippen LogP contribution is 2.39. The summed E-state index contributed by atoms with van der Waals surface area (Å²) in [4.78, 5) is 35.3. The summed E-state index contributed by atoms with van der Waals surface area (Å²) < 4.78 is 0. The number of nitrogens with zero attached hydrogens (tertiary/aromatic N) is 3. The number of hydrogen-bond donors (Lipinski definition) is 3. The van der Waals surface area contributed by atoms with E-state index in [9.17, 15) is 9.59 Å². The fourth-order valence-corrected chi connectivity index (χ4v) is 4.14. The molecule has 3 amide bonds. The van der Waals surface area contributed by atoms with Crippen molar-refractivity contribution < 1.29 is 9.59 Å². The van der Waals surface area contributed by atoms with Crippen LogP contribution in [0.5, 0.6) is 0 Å². The van der Waals surface area contributed by atoms with Crippen molar-refractivity contribution in [3.63, 3.8) is 0 Å². The monoisotopic (exact) mass is 366 g/mol. The lowest BCUT2D eigenvalue weighted by Gasteiger charge is -2.40. The average molecular weight is 366 g/mol. The standard InChI is InChI=1S/C19H22N6O2/c20-16-13(3-1-8-22-16)12-25-9-5-14(6-10-25)19(15-4-2-7-21-11-15)17(26)23-18(27)24-19/h1-4,7-8,11,14H,5-6,9-10,12H2,(H2,20,22)(H2,23,24,26,27). The maximum Gasteiger partial charge on any atom is 0.322 e. The molecule has 27 heavy (non-hydrogen) atoms. The van der Waals surface area contributed by atoms with E-state index in [1.165, 1.54) is 0 Å². The van der Waals surface area contributed by atoms with Crippen molar-refractivity contribution in [1.82, 2.24) is 25.5 Å².